The van der Waals surface area contributed by atoms with Crippen molar-refractivity contribution < 1.29 is 4.79 Å². The van der Waals surface area contributed by atoms with E-state index in [4.69, 9.17) is 0 Å². The lowest BCUT2D eigenvalue weighted by Gasteiger charge is -2.49. The molecule has 2 aliphatic heterocycles. The fraction of sp³-hybridized carbons (Fsp3) is 0.938. The van der Waals surface area contributed by atoms with E-state index in [0.29, 0.717) is 5.54 Å². The lowest BCUT2D eigenvalue weighted by Crippen LogP contribution is -2.60. The van der Waals surface area contributed by atoms with E-state index in [2.05, 4.69) is 35.9 Å². The third-order valence-corrected chi connectivity index (χ3v) is 4.49. The minimum atomic E-state index is 0.0900. The van der Waals surface area contributed by atoms with E-state index in [0.717, 1.165) is 32.1 Å². The van der Waals surface area contributed by atoms with E-state index in [1.807, 2.05) is 18.7 Å². The van der Waals surface area contributed by atoms with Crippen LogP contribution in [0.25, 0.3) is 0 Å². The second-order valence-electron chi connectivity index (χ2n) is 7.83. The standard InChI is InChI=1S/C16H32N4O/c1-13(2)17-15(21)19-8-6-18(7-9-19)10-14-11-20(12-14)16(3,4)5/h13-14H,6-12H2,1-5H3,(H,17,21). The second kappa shape index (κ2) is 6.53. The van der Waals surface area contributed by atoms with Crippen molar-refractivity contribution in [1.82, 2.24) is 20.0 Å². The number of hydrogen-bond donors (Lipinski definition) is 1. The molecule has 0 aliphatic carbocycles. The SMILES string of the molecule is CC(C)NC(=O)N1CCN(CC2CN(C(C)(C)C)C2)CC1. The summed E-state index contributed by atoms with van der Waals surface area (Å²) in [6.45, 7) is 18.2. The van der Waals surface area contributed by atoms with Gasteiger partial charge in [0.1, 0.15) is 0 Å². The molecular weight excluding hydrogens is 264 g/mol. The van der Waals surface area contributed by atoms with Crippen molar-refractivity contribution in [3.8, 4) is 0 Å². The van der Waals surface area contributed by atoms with Crippen LogP contribution in [0.1, 0.15) is 34.6 Å². The van der Waals surface area contributed by atoms with Crippen LogP contribution in [0, 0.1) is 5.92 Å². The summed E-state index contributed by atoms with van der Waals surface area (Å²) in [4.78, 5) is 19.0. The molecule has 0 bridgehead atoms. The van der Waals surface area contributed by atoms with Crippen molar-refractivity contribution in [3.63, 3.8) is 0 Å². The minimum Gasteiger partial charge on any atom is -0.336 e. The molecule has 0 aromatic heterocycles. The van der Waals surface area contributed by atoms with E-state index in [1.54, 1.807) is 0 Å². The van der Waals surface area contributed by atoms with E-state index in [-0.39, 0.29) is 12.1 Å². The highest BCUT2D eigenvalue weighted by atomic mass is 16.2. The Hall–Kier alpha value is -0.810. The highest BCUT2D eigenvalue weighted by molar-refractivity contribution is 5.74. The maximum absolute atomic E-state index is 11.9. The van der Waals surface area contributed by atoms with Crippen molar-refractivity contribution in [2.45, 2.75) is 46.2 Å². The van der Waals surface area contributed by atoms with Crippen molar-refractivity contribution in [2.24, 2.45) is 5.92 Å². The van der Waals surface area contributed by atoms with E-state index >= 15 is 0 Å². The number of nitrogens with one attached hydrogen (secondary N) is 1. The summed E-state index contributed by atoms with van der Waals surface area (Å²) in [7, 11) is 0. The highest BCUT2D eigenvalue weighted by Crippen LogP contribution is 2.26. The largest absolute Gasteiger partial charge is 0.336 e. The Morgan fingerprint density at radius 1 is 1.14 bits per heavy atom. The third kappa shape index (κ3) is 4.58. The summed E-state index contributed by atoms with van der Waals surface area (Å²) in [6, 6.07) is 0.307. The number of hydrogen-bond acceptors (Lipinski definition) is 3. The Balaban J connectivity index is 1.65. The fourth-order valence-corrected chi connectivity index (χ4v) is 3.07. The van der Waals surface area contributed by atoms with Gasteiger partial charge in [0.15, 0.2) is 0 Å². The number of nitrogens with zero attached hydrogens (tertiary/aromatic N) is 3. The monoisotopic (exact) mass is 296 g/mol. The van der Waals surface area contributed by atoms with E-state index in [9.17, 15) is 4.79 Å². The molecular formula is C16H32N4O. The molecule has 2 rings (SSSR count). The Kier molecular flexibility index (Phi) is 5.15. The summed E-state index contributed by atoms with van der Waals surface area (Å²) in [6.07, 6.45) is 0. The molecule has 5 heteroatoms. The molecule has 5 nitrogen and oxygen atoms in total. The van der Waals surface area contributed by atoms with Crippen molar-refractivity contribution in [2.75, 3.05) is 45.8 Å². The lowest BCUT2D eigenvalue weighted by atomic mass is 9.92. The zero-order valence-electron chi connectivity index (χ0n) is 14.4. The van der Waals surface area contributed by atoms with Crippen LogP contribution in [0.5, 0.6) is 0 Å². The topological polar surface area (TPSA) is 38.8 Å². The molecule has 0 atom stereocenters. The van der Waals surface area contributed by atoms with Crippen molar-refractivity contribution >= 4 is 6.03 Å². The van der Waals surface area contributed by atoms with Crippen LogP contribution < -0.4 is 5.32 Å². The summed E-state index contributed by atoms with van der Waals surface area (Å²) in [5, 5.41) is 2.97. The van der Waals surface area contributed by atoms with Crippen molar-refractivity contribution in [1.29, 1.82) is 0 Å². The number of urea groups is 1. The predicted octanol–water partition coefficient (Wildman–Crippen LogP) is 1.45. The molecule has 2 fully saturated rings. The van der Waals surface area contributed by atoms with Gasteiger partial charge < -0.3 is 10.2 Å². The van der Waals surface area contributed by atoms with Gasteiger partial charge in [0, 0.05) is 57.4 Å². The molecule has 0 aromatic carbocycles. The zero-order chi connectivity index (χ0) is 15.6. The van der Waals surface area contributed by atoms with Crippen LogP contribution in [0.3, 0.4) is 0 Å². The van der Waals surface area contributed by atoms with Gasteiger partial charge in [-0.2, -0.15) is 0 Å². The van der Waals surface area contributed by atoms with Gasteiger partial charge in [-0.25, -0.2) is 4.79 Å². The molecule has 2 heterocycles. The first-order valence-corrected chi connectivity index (χ1v) is 8.28. The number of rotatable bonds is 3. The molecule has 2 aliphatic rings. The predicted molar refractivity (Wildman–Crippen MR) is 86.5 cm³/mol. The smallest absolute Gasteiger partial charge is 0.317 e. The fourth-order valence-electron chi connectivity index (χ4n) is 3.07. The first-order valence-electron chi connectivity index (χ1n) is 8.28. The number of carbonyl (C=O) groups excluding carboxylic acids is 1. The average Bonchev–Trinajstić information content (AvgIpc) is 2.31. The van der Waals surface area contributed by atoms with E-state index < -0.39 is 0 Å². The molecule has 2 amide bonds. The summed E-state index contributed by atoms with van der Waals surface area (Å²) < 4.78 is 0. The molecule has 1 N–H and O–H groups in total. The van der Waals surface area contributed by atoms with Gasteiger partial charge >= 0.3 is 6.03 Å². The molecule has 21 heavy (non-hydrogen) atoms. The molecule has 0 spiro atoms. The number of amides is 2. The Morgan fingerprint density at radius 3 is 2.19 bits per heavy atom. The summed E-state index contributed by atoms with van der Waals surface area (Å²) >= 11 is 0. The first-order chi connectivity index (χ1) is 9.75. The molecule has 0 saturated carbocycles. The first kappa shape index (κ1) is 16.6. The summed E-state index contributed by atoms with van der Waals surface area (Å²) in [5.41, 5.74) is 0.310. The van der Waals surface area contributed by atoms with Gasteiger partial charge in [0.25, 0.3) is 0 Å². The highest BCUT2D eigenvalue weighted by Gasteiger charge is 2.35. The number of piperazine rings is 1. The van der Waals surface area contributed by atoms with Crippen LogP contribution in [0.4, 0.5) is 4.79 Å². The third-order valence-electron chi connectivity index (χ3n) is 4.49. The Bertz CT molecular complexity index is 350. The van der Waals surface area contributed by atoms with Gasteiger partial charge in [0.2, 0.25) is 0 Å². The Morgan fingerprint density at radius 2 is 1.71 bits per heavy atom. The number of likely N-dealkylation sites (tertiary alicyclic amines) is 1. The van der Waals surface area contributed by atoms with Crippen LogP contribution in [-0.2, 0) is 0 Å². The minimum absolute atomic E-state index is 0.0900. The van der Waals surface area contributed by atoms with Gasteiger partial charge in [-0.1, -0.05) is 0 Å². The van der Waals surface area contributed by atoms with Crippen LogP contribution in [0.15, 0.2) is 0 Å². The second-order valence-corrected chi connectivity index (χ2v) is 7.83. The Labute approximate surface area is 129 Å². The quantitative estimate of drug-likeness (QED) is 0.857. The molecule has 0 aromatic rings. The zero-order valence-corrected chi connectivity index (χ0v) is 14.4. The van der Waals surface area contributed by atoms with Crippen LogP contribution >= 0.6 is 0 Å². The van der Waals surface area contributed by atoms with Gasteiger partial charge in [-0.3, -0.25) is 9.80 Å². The normalized spacial score (nSPS) is 22.5. The van der Waals surface area contributed by atoms with Gasteiger partial charge in [-0.05, 0) is 40.5 Å². The lowest BCUT2D eigenvalue weighted by molar-refractivity contribution is -0.00693. The average molecular weight is 296 g/mol. The molecule has 0 unspecified atom stereocenters. The summed E-state index contributed by atoms with van der Waals surface area (Å²) in [5.74, 6) is 0.806. The molecule has 0 radical (unpaired) electrons. The van der Waals surface area contributed by atoms with Crippen LogP contribution in [-0.4, -0.2) is 78.1 Å². The van der Waals surface area contributed by atoms with E-state index in [1.165, 1.54) is 19.6 Å². The molecule has 122 valence electrons. The van der Waals surface area contributed by atoms with Gasteiger partial charge in [-0.15, -0.1) is 0 Å². The molecule has 2 saturated heterocycles. The van der Waals surface area contributed by atoms with Crippen molar-refractivity contribution in [3.05, 3.63) is 0 Å². The maximum atomic E-state index is 11.9. The number of carbonyl (C=O) groups is 1. The maximum Gasteiger partial charge on any atom is 0.317 e. The van der Waals surface area contributed by atoms with Crippen LogP contribution in [0.2, 0.25) is 0 Å². The van der Waals surface area contributed by atoms with Gasteiger partial charge in [0.05, 0.1) is 0 Å².